The van der Waals surface area contributed by atoms with Crippen LogP contribution in [0.1, 0.15) is 18.5 Å². The maximum absolute atomic E-state index is 12.2. The van der Waals surface area contributed by atoms with Gasteiger partial charge in [0.15, 0.2) is 0 Å². The zero-order chi connectivity index (χ0) is 16.7. The molecule has 120 valence electrons. The topological polar surface area (TPSA) is 94.6 Å². The standard InChI is InChI=1S/C14H16N6O3/c1-9-13(17(2)20(23)18(3)14(9)22)11-5-4-10(8-12(11)21)19-15-6-7-16-19/h4-9,13H,1-3H3/p+1. The SMILES string of the molecule is CC1C(=O)N(C)[N+](=O)N(C)C1c1ccc(-n2nccn2)cc1O. The lowest BCUT2D eigenvalue weighted by Gasteiger charge is -2.32. The van der Waals surface area contributed by atoms with Gasteiger partial charge in [0.05, 0.1) is 43.0 Å². The maximum Gasteiger partial charge on any atom is 0.290 e. The van der Waals surface area contributed by atoms with Crippen LogP contribution in [-0.2, 0) is 4.79 Å². The minimum atomic E-state index is -0.559. The van der Waals surface area contributed by atoms with Gasteiger partial charge < -0.3 is 5.11 Å². The number of hydrogen-bond donors (Lipinski definition) is 1. The molecule has 2 unspecified atom stereocenters. The molecule has 1 saturated heterocycles. The van der Waals surface area contributed by atoms with E-state index >= 15 is 0 Å². The first-order chi connectivity index (χ1) is 10.9. The number of aromatic hydroxyl groups is 1. The largest absolute Gasteiger partial charge is 0.508 e. The van der Waals surface area contributed by atoms with Crippen LogP contribution in [0.25, 0.3) is 5.69 Å². The molecule has 1 aliphatic rings. The van der Waals surface area contributed by atoms with Crippen molar-refractivity contribution in [3.63, 3.8) is 0 Å². The Kier molecular flexibility index (Phi) is 3.47. The first kappa shape index (κ1) is 14.9. The van der Waals surface area contributed by atoms with Crippen molar-refractivity contribution in [3.05, 3.63) is 41.1 Å². The number of hydrogen-bond acceptors (Lipinski definition) is 5. The average molecular weight is 317 g/mol. The van der Waals surface area contributed by atoms with Gasteiger partial charge >= 0.3 is 0 Å². The molecule has 1 aromatic carbocycles. The summed E-state index contributed by atoms with van der Waals surface area (Å²) in [4.78, 5) is 26.1. The number of hydrazine groups is 2. The number of carbonyl (C=O) groups excluding carboxylic acids is 1. The summed E-state index contributed by atoms with van der Waals surface area (Å²) in [5.74, 6) is -0.802. The fourth-order valence-electron chi connectivity index (χ4n) is 2.88. The molecular formula is C14H17N6O3+. The molecule has 2 heterocycles. The number of carbonyl (C=O) groups is 1. The molecule has 1 amide bonds. The Labute approximate surface area is 132 Å². The molecule has 9 nitrogen and oxygen atoms in total. The van der Waals surface area contributed by atoms with Gasteiger partial charge in [0.2, 0.25) is 0 Å². The zero-order valence-corrected chi connectivity index (χ0v) is 13.0. The normalized spacial score (nSPS) is 21.9. The van der Waals surface area contributed by atoms with E-state index in [0.29, 0.717) is 16.2 Å². The Balaban J connectivity index is 2.01. The van der Waals surface area contributed by atoms with Crippen molar-refractivity contribution in [3.8, 4) is 11.4 Å². The van der Waals surface area contributed by atoms with Crippen molar-refractivity contribution >= 4 is 5.91 Å². The number of aromatic nitrogens is 3. The second-order valence-electron chi connectivity index (χ2n) is 5.48. The molecule has 3 rings (SSSR count). The van der Waals surface area contributed by atoms with E-state index in [9.17, 15) is 14.8 Å². The number of benzene rings is 1. The Hall–Kier alpha value is -2.97. The smallest absolute Gasteiger partial charge is 0.290 e. The van der Waals surface area contributed by atoms with E-state index < -0.39 is 12.0 Å². The molecule has 2 aromatic rings. The summed E-state index contributed by atoms with van der Waals surface area (Å²) in [6.45, 7) is 1.73. The quantitative estimate of drug-likeness (QED) is 0.818. The summed E-state index contributed by atoms with van der Waals surface area (Å²) >= 11 is 0. The highest BCUT2D eigenvalue weighted by Gasteiger charge is 2.48. The van der Waals surface area contributed by atoms with Gasteiger partial charge in [0, 0.05) is 11.6 Å². The molecule has 23 heavy (non-hydrogen) atoms. The summed E-state index contributed by atoms with van der Waals surface area (Å²) in [7, 11) is 3.00. The van der Waals surface area contributed by atoms with E-state index in [0.717, 1.165) is 5.01 Å². The van der Waals surface area contributed by atoms with Crippen LogP contribution in [0.5, 0.6) is 5.75 Å². The van der Waals surface area contributed by atoms with Gasteiger partial charge in [-0.15, -0.1) is 5.01 Å². The van der Waals surface area contributed by atoms with Crippen LogP contribution in [0, 0.1) is 10.8 Å². The third-order valence-corrected chi connectivity index (χ3v) is 4.09. The molecule has 2 atom stereocenters. The highest BCUT2D eigenvalue weighted by Crippen LogP contribution is 2.37. The van der Waals surface area contributed by atoms with Gasteiger partial charge in [-0.05, 0) is 11.1 Å². The summed E-state index contributed by atoms with van der Waals surface area (Å²) in [6, 6.07) is 4.36. The van der Waals surface area contributed by atoms with Crippen LogP contribution in [0.15, 0.2) is 30.6 Å². The van der Waals surface area contributed by atoms with Gasteiger partial charge in [-0.25, -0.2) is 0 Å². The van der Waals surface area contributed by atoms with Gasteiger partial charge in [0.1, 0.15) is 11.8 Å². The molecule has 0 spiro atoms. The first-order valence-corrected chi connectivity index (χ1v) is 7.09. The van der Waals surface area contributed by atoms with E-state index in [-0.39, 0.29) is 11.7 Å². The molecule has 1 aliphatic heterocycles. The zero-order valence-electron chi connectivity index (χ0n) is 13.0. The van der Waals surface area contributed by atoms with Crippen molar-refractivity contribution in [1.82, 2.24) is 25.0 Å². The molecular weight excluding hydrogens is 300 g/mol. The van der Waals surface area contributed by atoms with Crippen LogP contribution >= 0.6 is 0 Å². The summed E-state index contributed by atoms with van der Waals surface area (Å²) < 4.78 is 0. The second kappa shape index (κ2) is 5.34. The fourth-order valence-corrected chi connectivity index (χ4v) is 2.88. The monoisotopic (exact) mass is 317 g/mol. The molecule has 0 bridgehead atoms. The third-order valence-electron chi connectivity index (χ3n) is 4.09. The lowest BCUT2D eigenvalue weighted by molar-refractivity contribution is -0.823. The van der Waals surface area contributed by atoms with Crippen LogP contribution < -0.4 is 0 Å². The molecule has 1 fully saturated rings. The van der Waals surface area contributed by atoms with Crippen LogP contribution in [0.2, 0.25) is 0 Å². The molecule has 0 aliphatic carbocycles. The van der Waals surface area contributed by atoms with Crippen LogP contribution in [0.3, 0.4) is 0 Å². The maximum atomic E-state index is 12.2. The van der Waals surface area contributed by atoms with Gasteiger partial charge in [0.25, 0.3) is 10.9 Å². The highest BCUT2D eigenvalue weighted by molar-refractivity contribution is 5.78. The van der Waals surface area contributed by atoms with E-state index in [4.69, 9.17) is 0 Å². The summed E-state index contributed by atoms with van der Waals surface area (Å²) in [6.07, 6.45) is 3.07. The number of nitrogens with zero attached hydrogens (tertiary/aromatic N) is 6. The van der Waals surface area contributed by atoms with E-state index in [1.165, 1.54) is 35.3 Å². The molecule has 9 heteroatoms. The molecule has 0 saturated carbocycles. The highest BCUT2D eigenvalue weighted by atomic mass is 16.4. The van der Waals surface area contributed by atoms with E-state index in [1.807, 2.05) is 0 Å². The number of phenols is 1. The summed E-state index contributed by atoms with van der Waals surface area (Å²) in [5, 5.41) is 20.8. The third kappa shape index (κ3) is 2.30. The van der Waals surface area contributed by atoms with Crippen molar-refractivity contribution in [2.75, 3.05) is 14.1 Å². The number of nitroso groups, excluding NO2 is 1. The van der Waals surface area contributed by atoms with Crippen molar-refractivity contribution in [2.24, 2.45) is 5.92 Å². The number of amides is 1. The molecule has 0 radical (unpaired) electrons. The summed E-state index contributed by atoms with van der Waals surface area (Å²) in [5.41, 5.74) is 1.09. The van der Waals surface area contributed by atoms with E-state index in [2.05, 4.69) is 10.2 Å². The molecule has 1 N–H and O–H groups in total. The number of rotatable bonds is 2. The van der Waals surface area contributed by atoms with Gasteiger partial charge in [-0.2, -0.15) is 15.0 Å². The predicted octanol–water partition coefficient (Wildman–Crippen LogP) is 0.663. The average Bonchev–Trinajstić information content (AvgIpc) is 3.07. The molecule has 1 aromatic heterocycles. The Bertz CT molecular complexity index is 738. The number of phenolic OH excluding ortho intramolecular Hbond substituents is 1. The Morgan fingerprint density at radius 2 is 1.87 bits per heavy atom. The second-order valence-corrected chi connectivity index (χ2v) is 5.48. The van der Waals surface area contributed by atoms with Crippen LogP contribution in [-0.4, -0.2) is 55.1 Å². The van der Waals surface area contributed by atoms with Crippen molar-refractivity contribution in [1.29, 1.82) is 0 Å². The van der Waals surface area contributed by atoms with Crippen molar-refractivity contribution in [2.45, 2.75) is 13.0 Å². The lowest BCUT2D eigenvalue weighted by atomic mass is 9.91. The van der Waals surface area contributed by atoms with Gasteiger partial charge in [-0.1, -0.05) is 13.0 Å². The Morgan fingerprint density at radius 1 is 1.22 bits per heavy atom. The minimum absolute atomic E-state index is 0.0192. The minimum Gasteiger partial charge on any atom is -0.508 e. The Morgan fingerprint density at radius 3 is 2.48 bits per heavy atom. The predicted molar refractivity (Wildman–Crippen MR) is 79.1 cm³/mol. The van der Waals surface area contributed by atoms with E-state index in [1.54, 1.807) is 26.1 Å². The first-order valence-electron chi connectivity index (χ1n) is 7.09. The lowest BCUT2D eigenvalue weighted by Crippen LogP contribution is -2.55. The van der Waals surface area contributed by atoms with Crippen LogP contribution in [0.4, 0.5) is 0 Å². The fraction of sp³-hybridized carbons (Fsp3) is 0.357. The van der Waals surface area contributed by atoms with Crippen molar-refractivity contribution < 1.29 is 14.9 Å². The van der Waals surface area contributed by atoms with Gasteiger partial charge in [-0.3, -0.25) is 4.79 Å².